The second-order valence-corrected chi connectivity index (χ2v) is 6.70. The highest BCUT2D eigenvalue weighted by atomic mass is 16.5. The van der Waals surface area contributed by atoms with Gasteiger partial charge in [0, 0.05) is 19.4 Å². The summed E-state index contributed by atoms with van der Waals surface area (Å²) in [4.78, 5) is 25.3. The lowest BCUT2D eigenvalue weighted by Gasteiger charge is -2.25. The summed E-state index contributed by atoms with van der Waals surface area (Å²) in [5, 5.41) is 0. The molecule has 1 saturated carbocycles. The predicted molar refractivity (Wildman–Crippen MR) is 71.3 cm³/mol. The third-order valence-corrected chi connectivity index (χ3v) is 3.59. The summed E-state index contributed by atoms with van der Waals surface area (Å²) in [6, 6.07) is -0.501. The molecule has 108 valence electrons. The van der Waals surface area contributed by atoms with Crippen LogP contribution < -0.4 is 5.73 Å². The van der Waals surface area contributed by atoms with Crippen LogP contribution in [0.15, 0.2) is 0 Å². The molecule has 0 radical (unpaired) electrons. The first kappa shape index (κ1) is 14.3. The molecule has 1 aliphatic carbocycles. The van der Waals surface area contributed by atoms with Crippen LogP contribution in [0.1, 0.15) is 46.5 Å². The monoisotopic (exact) mass is 268 g/mol. The summed E-state index contributed by atoms with van der Waals surface area (Å²) in [6.45, 7) is 6.40. The van der Waals surface area contributed by atoms with Gasteiger partial charge >= 0.3 is 0 Å². The van der Waals surface area contributed by atoms with Crippen LogP contribution in [0.2, 0.25) is 0 Å². The van der Waals surface area contributed by atoms with E-state index in [0.29, 0.717) is 25.3 Å². The van der Waals surface area contributed by atoms with Crippen molar-refractivity contribution < 1.29 is 14.3 Å². The van der Waals surface area contributed by atoms with Crippen LogP contribution in [0.5, 0.6) is 0 Å². The topological polar surface area (TPSA) is 72.6 Å². The second-order valence-electron chi connectivity index (χ2n) is 6.70. The minimum absolute atomic E-state index is 0.0475. The Morgan fingerprint density at radius 3 is 2.42 bits per heavy atom. The quantitative estimate of drug-likeness (QED) is 0.828. The number of carbonyl (C=O) groups is 2. The smallest absolute Gasteiger partial charge is 0.240 e. The van der Waals surface area contributed by atoms with Crippen LogP contribution >= 0.6 is 0 Å². The Morgan fingerprint density at radius 1 is 1.32 bits per heavy atom. The van der Waals surface area contributed by atoms with E-state index >= 15 is 0 Å². The summed E-state index contributed by atoms with van der Waals surface area (Å²) in [6.07, 6.45) is 3.22. The van der Waals surface area contributed by atoms with Crippen molar-refractivity contribution in [1.29, 1.82) is 0 Å². The van der Waals surface area contributed by atoms with Gasteiger partial charge in [-0.3, -0.25) is 9.59 Å². The summed E-state index contributed by atoms with van der Waals surface area (Å²) >= 11 is 0. The lowest BCUT2D eigenvalue weighted by molar-refractivity contribution is -0.138. The molecule has 0 bridgehead atoms. The molecule has 0 aromatic rings. The molecule has 5 heteroatoms. The lowest BCUT2D eigenvalue weighted by atomic mass is 10.1. The van der Waals surface area contributed by atoms with Gasteiger partial charge in [-0.1, -0.05) is 0 Å². The maximum Gasteiger partial charge on any atom is 0.240 e. The summed E-state index contributed by atoms with van der Waals surface area (Å²) in [5.74, 6) is 0.138. The number of carbonyl (C=O) groups excluding carboxylic acids is 2. The number of amides is 2. The zero-order chi connectivity index (χ0) is 14.2. The molecule has 2 aliphatic rings. The Balaban J connectivity index is 1.99. The molecular formula is C14H24N2O3. The SMILES string of the molecule is CC(C)(C)OC1CC(C(N)=O)N(C(=O)CC2CC2)C1. The molecule has 1 saturated heterocycles. The van der Waals surface area contributed by atoms with Gasteiger partial charge in [0.2, 0.25) is 11.8 Å². The predicted octanol–water partition coefficient (Wildman–Crippen LogP) is 1.06. The van der Waals surface area contributed by atoms with E-state index in [0.717, 1.165) is 12.8 Å². The summed E-state index contributed by atoms with van der Waals surface area (Å²) in [5.41, 5.74) is 5.13. The molecule has 0 aromatic carbocycles. The van der Waals surface area contributed by atoms with Crippen LogP contribution in [-0.4, -0.2) is 41.0 Å². The molecule has 1 heterocycles. The Bertz CT molecular complexity index is 371. The van der Waals surface area contributed by atoms with Crippen molar-refractivity contribution in [1.82, 2.24) is 4.90 Å². The van der Waals surface area contributed by atoms with Gasteiger partial charge in [-0.25, -0.2) is 0 Å². The third-order valence-electron chi connectivity index (χ3n) is 3.59. The second kappa shape index (κ2) is 5.12. The molecule has 2 amide bonds. The zero-order valence-corrected chi connectivity index (χ0v) is 12.0. The van der Waals surface area contributed by atoms with Gasteiger partial charge < -0.3 is 15.4 Å². The van der Waals surface area contributed by atoms with E-state index in [4.69, 9.17) is 10.5 Å². The number of primary amides is 1. The largest absolute Gasteiger partial charge is 0.371 e. The number of nitrogens with two attached hydrogens (primary N) is 1. The molecule has 19 heavy (non-hydrogen) atoms. The van der Waals surface area contributed by atoms with E-state index in [1.54, 1.807) is 4.90 Å². The molecule has 1 aliphatic heterocycles. The van der Waals surface area contributed by atoms with E-state index in [1.165, 1.54) is 0 Å². The summed E-state index contributed by atoms with van der Waals surface area (Å²) < 4.78 is 5.88. The first-order valence-corrected chi connectivity index (χ1v) is 7.03. The van der Waals surface area contributed by atoms with Gasteiger partial charge in [-0.15, -0.1) is 0 Å². The van der Waals surface area contributed by atoms with Gasteiger partial charge in [0.25, 0.3) is 0 Å². The van der Waals surface area contributed by atoms with E-state index in [1.807, 2.05) is 20.8 Å². The van der Waals surface area contributed by atoms with E-state index < -0.39 is 11.9 Å². The first-order chi connectivity index (χ1) is 8.76. The van der Waals surface area contributed by atoms with Gasteiger partial charge in [-0.2, -0.15) is 0 Å². The Kier molecular flexibility index (Phi) is 3.85. The number of nitrogens with zero attached hydrogens (tertiary/aromatic N) is 1. The lowest BCUT2D eigenvalue weighted by Crippen LogP contribution is -2.43. The van der Waals surface area contributed by atoms with Crippen LogP contribution in [0.25, 0.3) is 0 Å². The van der Waals surface area contributed by atoms with Gasteiger partial charge in [0.05, 0.1) is 11.7 Å². The number of rotatable bonds is 4. The van der Waals surface area contributed by atoms with Gasteiger partial charge in [0.15, 0.2) is 0 Å². The normalized spacial score (nSPS) is 27.6. The number of ether oxygens (including phenoxy) is 1. The molecule has 0 spiro atoms. The average molecular weight is 268 g/mol. The van der Waals surface area contributed by atoms with Crippen molar-refractivity contribution in [2.24, 2.45) is 11.7 Å². The molecule has 2 fully saturated rings. The fraction of sp³-hybridized carbons (Fsp3) is 0.857. The molecule has 0 aromatic heterocycles. The third kappa shape index (κ3) is 3.93. The Labute approximate surface area is 114 Å². The minimum atomic E-state index is -0.501. The van der Waals surface area contributed by atoms with Crippen molar-refractivity contribution in [3.8, 4) is 0 Å². The van der Waals surface area contributed by atoms with Crippen molar-refractivity contribution in [2.75, 3.05) is 6.54 Å². The number of hydrogen-bond acceptors (Lipinski definition) is 3. The van der Waals surface area contributed by atoms with Crippen molar-refractivity contribution >= 4 is 11.8 Å². The average Bonchev–Trinajstić information content (AvgIpc) is 2.94. The first-order valence-electron chi connectivity index (χ1n) is 7.03. The molecule has 2 rings (SSSR count). The van der Waals surface area contributed by atoms with Gasteiger partial charge in [0.1, 0.15) is 6.04 Å². The van der Waals surface area contributed by atoms with Crippen LogP contribution in [0, 0.1) is 5.92 Å². The zero-order valence-electron chi connectivity index (χ0n) is 12.0. The van der Waals surface area contributed by atoms with Crippen LogP contribution in [-0.2, 0) is 14.3 Å². The highest BCUT2D eigenvalue weighted by molar-refractivity contribution is 5.87. The van der Waals surface area contributed by atoms with E-state index in [9.17, 15) is 9.59 Å². The number of hydrogen-bond donors (Lipinski definition) is 1. The van der Waals surface area contributed by atoms with E-state index in [2.05, 4.69) is 0 Å². The maximum absolute atomic E-state index is 12.2. The Morgan fingerprint density at radius 2 is 1.95 bits per heavy atom. The molecule has 5 nitrogen and oxygen atoms in total. The molecule has 2 N–H and O–H groups in total. The summed E-state index contributed by atoms with van der Waals surface area (Å²) in [7, 11) is 0. The molecule has 2 unspecified atom stereocenters. The Hall–Kier alpha value is -1.10. The van der Waals surface area contributed by atoms with Crippen molar-refractivity contribution in [3.63, 3.8) is 0 Å². The van der Waals surface area contributed by atoms with Gasteiger partial charge in [-0.05, 0) is 39.5 Å². The highest BCUT2D eigenvalue weighted by Crippen LogP contribution is 2.34. The highest BCUT2D eigenvalue weighted by Gasteiger charge is 2.41. The minimum Gasteiger partial charge on any atom is -0.371 e. The van der Waals surface area contributed by atoms with Crippen LogP contribution in [0.4, 0.5) is 0 Å². The molecule has 2 atom stereocenters. The van der Waals surface area contributed by atoms with Crippen molar-refractivity contribution in [3.05, 3.63) is 0 Å². The fourth-order valence-electron chi connectivity index (χ4n) is 2.61. The standard InChI is InChI=1S/C14H24N2O3/c1-14(2,3)19-10-7-11(13(15)18)16(8-10)12(17)6-9-4-5-9/h9-11H,4-8H2,1-3H3,(H2,15,18). The van der Waals surface area contributed by atoms with E-state index in [-0.39, 0.29) is 17.6 Å². The number of likely N-dealkylation sites (tertiary alicyclic amines) is 1. The molecular weight excluding hydrogens is 244 g/mol. The van der Waals surface area contributed by atoms with Crippen molar-refractivity contribution in [2.45, 2.75) is 64.2 Å². The van der Waals surface area contributed by atoms with Crippen LogP contribution in [0.3, 0.4) is 0 Å². The fourth-order valence-corrected chi connectivity index (χ4v) is 2.61. The maximum atomic E-state index is 12.2.